The summed E-state index contributed by atoms with van der Waals surface area (Å²) in [4.78, 5) is 22.5. The molecule has 3 heterocycles. The average molecular weight is 605 g/mol. The maximum atomic E-state index is 14.5. The highest BCUT2D eigenvalue weighted by Crippen LogP contribution is 2.50. The fourth-order valence-corrected chi connectivity index (χ4v) is 6.38. The van der Waals surface area contributed by atoms with E-state index in [1.165, 1.54) is 18.5 Å². The van der Waals surface area contributed by atoms with Crippen LogP contribution in [0.2, 0.25) is 0 Å². The van der Waals surface area contributed by atoms with E-state index in [9.17, 15) is 14.5 Å². The molecule has 0 saturated carbocycles. The Bertz CT molecular complexity index is 1420. The first-order valence-corrected chi connectivity index (χ1v) is 14.7. The van der Waals surface area contributed by atoms with Crippen LogP contribution in [0.25, 0.3) is 11.2 Å². The van der Waals surface area contributed by atoms with Crippen LogP contribution in [-0.2, 0) is 20.2 Å². The second-order valence-corrected chi connectivity index (χ2v) is 11.6. The van der Waals surface area contributed by atoms with Crippen LogP contribution in [-0.4, -0.2) is 66.6 Å². The Hall–Kier alpha value is -3.34. The van der Waals surface area contributed by atoms with Crippen LogP contribution in [0.1, 0.15) is 60.6 Å². The molecule has 1 fully saturated rings. The summed E-state index contributed by atoms with van der Waals surface area (Å²) < 4.78 is 50.7. The monoisotopic (exact) mass is 604 g/mol. The van der Waals surface area contributed by atoms with Crippen LogP contribution in [0.4, 0.5) is 10.1 Å². The maximum Gasteiger partial charge on any atom is 0.314 e. The molecule has 42 heavy (non-hydrogen) atoms. The van der Waals surface area contributed by atoms with Gasteiger partial charge in [-0.1, -0.05) is 12.1 Å². The molecule has 13 nitrogen and oxygen atoms in total. The molecule has 15 heteroatoms. The van der Waals surface area contributed by atoms with Crippen molar-refractivity contribution in [3.63, 3.8) is 0 Å². The van der Waals surface area contributed by atoms with Gasteiger partial charge >= 0.3 is 6.08 Å². The number of hydrogen-bond donors (Lipinski definition) is 0. The van der Waals surface area contributed by atoms with Crippen LogP contribution in [0.15, 0.2) is 30.6 Å². The summed E-state index contributed by atoms with van der Waals surface area (Å²) in [5.74, 6) is -0.0371. The maximum absolute atomic E-state index is 14.5. The van der Waals surface area contributed by atoms with Gasteiger partial charge < -0.3 is 18.5 Å². The molecule has 0 N–H and O–H groups in total. The zero-order valence-corrected chi connectivity index (χ0v) is 24.8. The summed E-state index contributed by atoms with van der Waals surface area (Å²) >= 11 is 0. The third-order valence-corrected chi connectivity index (χ3v) is 8.67. The van der Waals surface area contributed by atoms with Gasteiger partial charge in [0.25, 0.3) is 14.2 Å². The molecule has 4 rings (SSSR count). The summed E-state index contributed by atoms with van der Waals surface area (Å²) in [6.07, 6.45) is -0.294. The van der Waals surface area contributed by atoms with Crippen molar-refractivity contribution < 1.29 is 29.2 Å². The molecule has 1 saturated heterocycles. The number of imidazole rings is 1. The number of nitriles is 1. The number of non-ortho nitro benzene ring substituents is 1. The van der Waals surface area contributed by atoms with E-state index in [0.29, 0.717) is 12.8 Å². The largest absolute Gasteiger partial charge is 0.476 e. The van der Waals surface area contributed by atoms with Gasteiger partial charge in [-0.3, -0.25) is 14.7 Å². The van der Waals surface area contributed by atoms with E-state index < -0.39 is 38.0 Å². The first kappa shape index (κ1) is 30.1. The Labute approximate surface area is 246 Å². The first-order valence-electron chi connectivity index (χ1n) is 14.3. The van der Waals surface area contributed by atoms with Gasteiger partial charge in [0.15, 0.2) is 11.2 Å². The van der Waals surface area contributed by atoms with E-state index in [2.05, 4.69) is 25.7 Å². The summed E-state index contributed by atoms with van der Waals surface area (Å²) in [5, 5.41) is 19.9. The molecule has 0 radical (unpaired) electrons. The second-order valence-electron chi connectivity index (χ2n) is 10.2. The van der Waals surface area contributed by atoms with Gasteiger partial charge in [0.05, 0.1) is 49.2 Å². The van der Waals surface area contributed by atoms with Gasteiger partial charge in [-0.15, -0.1) is 0 Å². The fourth-order valence-electron chi connectivity index (χ4n) is 4.62. The van der Waals surface area contributed by atoms with Gasteiger partial charge in [-0.05, 0) is 40.2 Å². The minimum atomic E-state index is -1.56. The number of hydrogen-bond acceptors (Lipinski definition) is 11. The standard InChI is InChI=1S/C27H35FN7O6P/c1-17(2)34(18(3)4)42(39-13-6-12-29)41-22-15-23(40-19(22)5)33-16-30-24-25(33)31-27(28)32-26(24)38-14-11-20-7-9-21(10-8-20)35(36)37/h7-10,16-19,22-23H,6,11,13-15H2,1-5H3/t19-,22?,23-,42?/m1/s1/i5D. The Kier molecular flexibility index (Phi) is 10.2. The lowest BCUT2D eigenvalue weighted by molar-refractivity contribution is -0.384. The lowest BCUT2D eigenvalue weighted by Gasteiger charge is -2.37. The number of benzene rings is 1. The van der Waals surface area contributed by atoms with Crippen molar-refractivity contribution in [1.29, 1.82) is 5.26 Å². The number of nitrogens with zero attached hydrogens (tertiary/aromatic N) is 7. The van der Waals surface area contributed by atoms with E-state index >= 15 is 0 Å². The fraction of sp³-hybridized carbons (Fsp3) is 0.556. The summed E-state index contributed by atoms with van der Waals surface area (Å²) in [6, 6.07) is 8.38. The molecule has 1 aromatic carbocycles. The highest BCUT2D eigenvalue weighted by Gasteiger charge is 2.39. The molecule has 2 aromatic heterocycles. The number of nitro benzene ring substituents is 1. The lowest BCUT2D eigenvalue weighted by atomic mass is 10.1. The van der Waals surface area contributed by atoms with Crippen molar-refractivity contribution in [2.75, 3.05) is 13.2 Å². The third kappa shape index (κ3) is 7.53. The summed E-state index contributed by atoms with van der Waals surface area (Å²) in [5.41, 5.74) is 1.21. The van der Waals surface area contributed by atoms with E-state index in [-0.39, 0.29) is 61.3 Å². The van der Waals surface area contributed by atoms with Crippen molar-refractivity contribution in [1.82, 2.24) is 24.2 Å². The van der Waals surface area contributed by atoms with Crippen LogP contribution < -0.4 is 4.74 Å². The molecule has 0 spiro atoms. The van der Waals surface area contributed by atoms with Gasteiger partial charge in [0.1, 0.15) is 6.23 Å². The molecule has 1 aliphatic heterocycles. The van der Waals surface area contributed by atoms with E-state index in [4.69, 9.17) is 25.2 Å². The van der Waals surface area contributed by atoms with Crippen molar-refractivity contribution in [2.24, 2.45) is 0 Å². The smallest absolute Gasteiger partial charge is 0.314 e. The van der Waals surface area contributed by atoms with E-state index in [0.717, 1.165) is 5.56 Å². The number of halogens is 1. The SMILES string of the molecule is [2H]C[C@H]1O[C@@H](n2cnc3c(OCCc4ccc([N+](=O)[O-])cc4)nc(F)nc32)CC1OP(OCCC#N)N(C(C)C)C(C)C. The van der Waals surface area contributed by atoms with Crippen molar-refractivity contribution in [3.05, 3.63) is 52.3 Å². The second kappa shape index (κ2) is 14.2. The topological polar surface area (TPSA) is 151 Å². The van der Waals surface area contributed by atoms with E-state index in [1.54, 1.807) is 16.7 Å². The first-order chi connectivity index (χ1) is 20.6. The Morgan fingerprint density at radius 3 is 2.67 bits per heavy atom. The minimum absolute atomic E-state index is 0.00970. The quantitative estimate of drug-likeness (QED) is 0.0758. The lowest BCUT2D eigenvalue weighted by Crippen LogP contribution is -2.35. The predicted molar refractivity (Wildman–Crippen MR) is 152 cm³/mol. The predicted octanol–water partition coefficient (Wildman–Crippen LogP) is 5.46. The minimum Gasteiger partial charge on any atom is -0.476 e. The van der Waals surface area contributed by atoms with Gasteiger partial charge in [-0.25, -0.2) is 9.65 Å². The highest BCUT2D eigenvalue weighted by atomic mass is 31.2. The number of nitro groups is 1. The number of ether oxygens (including phenoxy) is 2. The van der Waals surface area contributed by atoms with Crippen LogP contribution in [0, 0.1) is 27.5 Å². The molecule has 4 atom stereocenters. The Morgan fingerprint density at radius 2 is 2.02 bits per heavy atom. The van der Waals surface area contributed by atoms with Crippen LogP contribution in [0.3, 0.4) is 0 Å². The van der Waals surface area contributed by atoms with Crippen molar-refractivity contribution in [3.8, 4) is 11.9 Å². The van der Waals surface area contributed by atoms with Crippen molar-refractivity contribution in [2.45, 2.75) is 84.4 Å². The van der Waals surface area contributed by atoms with Gasteiger partial charge in [0.2, 0.25) is 5.88 Å². The van der Waals surface area contributed by atoms with E-state index in [1.807, 2.05) is 27.7 Å². The molecule has 2 unspecified atom stereocenters. The molecule has 226 valence electrons. The third-order valence-electron chi connectivity index (χ3n) is 6.52. The normalized spacial score (nSPS) is 19.9. The van der Waals surface area contributed by atoms with Gasteiger partial charge in [-0.2, -0.15) is 19.6 Å². The summed E-state index contributed by atoms with van der Waals surface area (Å²) in [7, 11) is -1.56. The van der Waals surface area contributed by atoms with Crippen molar-refractivity contribution >= 4 is 25.4 Å². The number of fused-ring (bicyclic) bond motifs is 1. The number of rotatable bonds is 14. The molecule has 0 aliphatic carbocycles. The Balaban J connectivity index is 1.49. The zero-order valence-electron chi connectivity index (χ0n) is 24.9. The summed E-state index contributed by atoms with van der Waals surface area (Å²) in [6.45, 7) is 8.44. The molecule has 0 bridgehead atoms. The molecular formula is C27H35FN7O6P. The molecule has 3 aromatic rings. The molecule has 1 aliphatic rings. The molecule has 0 amide bonds. The molecular weight excluding hydrogens is 568 g/mol. The number of aromatic nitrogens is 4. The van der Waals surface area contributed by atoms with Gasteiger partial charge in [0, 0.05) is 38.4 Å². The average Bonchev–Trinajstić information content (AvgIpc) is 3.56. The van der Waals surface area contributed by atoms with Crippen LogP contribution >= 0.6 is 8.53 Å². The Morgan fingerprint density at radius 1 is 1.29 bits per heavy atom. The zero-order chi connectivity index (χ0) is 31.1. The van der Waals surface area contributed by atoms with Crippen LogP contribution in [0.5, 0.6) is 5.88 Å². The highest BCUT2D eigenvalue weighted by molar-refractivity contribution is 7.44.